The Hall–Kier alpha value is -3.26. The maximum Gasteiger partial charge on any atom is 0.337 e. The van der Waals surface area contributed by atoms with Gasteiger partial charge in [-0.15, -0.1) is 0 Å². The Bertz CT molecular complexity index is 1330. The largest absolute Gasteiger partial charge is 0.479 e. The van der Waals surface area contributed by atoms with E-state index in [1.54, 1.807) is 0 Å². The predicted molar refractivity (Wildman–Crippen MR) is 229 cm³/mol. The van der Waals surface area contributed by atoms with E-state index in [2.05, 4.69) is 17.6 Å². The van der Waals surface area contributed by atoms with E-state index in [-0.39, 0.29) is 25.8 Å². The smallest absolute Gasteiger partial charge is 0.337 e. The molecular weight excluding hydrogens is 793 g/mol. The highest BCUT2D eigenvalue weighted by Gasteiger charge is 2.48. The molecule has 1 aliphatic heterocycles. The van der Waals surface area contributed by atoms with Crippen LogP contribution in [0.1, 0.15) is 163 Å². The van der Waals surface area contributed by atoms with E-state index >= 15 is 0 Å². The van der Waals surface area contributed by atoms with Gasteiger partial charge >= 0.3 is 5.97 Å². The minimum Gasteiger partial charge on any atom is -0.479 e. The first-order valence-electron chi connectivity index (χ1n) is 22.6. The molecule has 1 fully saturated rings. The number of Topliss-reactive ketones (excluding diaryl/α,β-unsaturated/α-hetero) is 1. The monoisotopic (exact) mass is 873 g/mol. The van der Waals surface area contributed by atoms with Crippen molar-refractivity contribution in [3.8, 4) is 0 Å². The van der Waals surface area contributed by atoms with E-state index < -0.39 is 116 Å². The highest BCUT2D eigenvalue weighted by molar-refractivity contribution is 6.10. The molecule has 61 heavy (non-hydrogen) atoms. The molecule has 1 unspecified atom stereocenters. The van der Waals surface area contributed by atoms with Gasteiger partial charge in [0.05, 0.1) is 18.8 Å². The zero-order chi connectivity index (χ0) is 46.0. The van der Waals surface area contributed by atoms with Crippen LogP contribution in [0.4, 0.5) is 0 Å². The summed E-state index contributed by atoms with van der Waals surface area (Å²) in [6.07, 6.45) is 9.83. The van der Waals surface area contributed by atoms with Crippen LogP contribution in [0.5, 0.6) is 0 Å². The summed E-state index contributed by atoms with van der Waals surface area (Å²) in [6, 6.07) is -3.99. The summed E-state index contributed by atoms with van der Waals surface area (Å²) in [6.45, 7) is 5.40. The number of unbranched alkanes of at least 4 members (excludes halogenated alkanes) is 15. The highest BCUT2D eigenvalue weighted by Crippen LogP contribution is 2.25. The van der Waals surface area contributed by atoms with Gasteiger partial charge in [0.1, 0.15) is 30.4 Å². The predicted octanol–water partition coefficient (Wildman–Crippen LogP) is 2.04. The number of aliphatic hydroxyl groups is 3. The minimum atomic E-state index is -2.34. The lowest BCUT2D eigenvalue weighted by Gasteiger charge is -2.42. The van der Waals surface area contributed by atoms with E-state index in [9.17, 15) is 49.2 Å². The van der Waals surface area contributed by atoms with Gasteiger partial charge in [-0.2, -0.15) is 0 Å². The van der Waals surface area contributed by atoms with Crippen molar-refractivity contribution in [2.75, 3.05) is 19.7 Å². The number of aliphatic carboxylic acids is 1. The number of rotatable bonds is 35. The number of hydrogen-bond donors (Lipinski definition) is 9. The molecule has 0 radical (unpaired) electrons. The van der Waals surface area contributed by atoms with Crippen LogP contribution in [0.2, 0.25) is 0 Å². The normalized spacial score (nSPS) is 21.4. The van der Waals surface area contributed by atoms with Crippen molar-refractivity contribution >= 4 is 35.4 Å². The molecule has 1 saturated heterocycles. The molecule has 0 bridgehead atoms. The van der Waals surface area contributed by atoms with Crippen LogP contribution in [0.3, 0.4) is 0 Å². The molecule has 12 N–H and O–H groups in total. The summed E-state index contributed by atoms with van der Waals surface area (Å²) in [5, 5.41) is 46.0. The SMILES string of the molecule is CCCCCCCCCCCCCCCCCC(=O)N[C@@](CCCCN)(C(=O)O)C(=O)CC[C@H](C(N)=O)N(CC(C)O[C@@H]1[C@@H](N)[C@@H](O)O[C@H](CO)[C@H]1O)C(=O)[C@H](C)NC(C)=O. The molecular formula is C43H80N6O12. The first-order valence-corrected chi connectivity index (χ1v) is 22.6. The van der Waals surface area contributed by atoms with Crippen LogP contribution in [0.15, 0.2) is 0 Å². The number of ether oxygens (including phenoxy) is 2. The fourth-order valence-corrected chi connectivity index (χ4v) is 7.82. The average Bonchev–Trinajstić information content (AvgIpc) is 3.20. The third-order valence-corrected chi connectivity index (χ3v) is 11.4. The summed E-state index contributed by atoms with van der Waals surface area (Å²) in [5.74, 6) is -5.47. The van der Waals surface area contributed by atoms with Crippen molar-refractivity contribution in [2.24, 2.45) is 17.2 Å². The number of aliphatic hydroxyl groups excluding tert-OH is 3. The number of carboxylic acid groups (broad SMARTS) is 1. The number of carboxylic acids is 1. The average molecular weight is 873 g/mol. The lowest BCUT2D eigenvalue weighted by Crippen LogP contribution is -2.64. The second-order valence-electron chi connectivity index (χ2n) is 16.7. The molecule has 18 heteroatoms. The van der Waals surface area contributed by atoms with Crippen molar-refractivity contribution in [1.29, 1.82) is 0 Å². The number of primary amides is 1. The third kappa shape index (κ3) is 20.2. The molecule has 18 nitrogen and oxygen atoms in total. The third-order valence-electron chi connectivity index (χ3n) is 11.4. The summed E-state index contributed by atoms with van der Waals surface area (Å²) in [7, 11) is 0. The maximum absolute atomic E-state index is 14.0. The van der Waals surface area contributed by atoms with Crippen molar-refractivity contribution < 1.29 is 58.7 Å². The van der Waals surface area contributed by atoms with Crippen LogP contribution in [-0.4, -0.2) is 135 Å². The molecule has 1 rings (SSSR count). The lowest BCUT2D eigenvalue weighted by atomic mass is 9.84. The van der Waals surface area contributed by atoms with Crippen LogP contribution in [0.25, 0.3) is 0 Å². The number of amides is 4. The van der Waals surface area contributed by atoms with Gasteiger partial charge in [-0.25, -0.2) is 4.79 Å². The van der Waals surface area contributed by atoms with Crippen molar-refractivity contribution in [2.45, 2.75) is 217 Å². The molecule has 0 spiro atoms. The van der Waals surface area contributed by atoms with Gasteiger partial charge in [0.25, 0.3) is 0 Å². The zero-order valence-electron chi connectivity index (χ0n) is 37.3. The van der Waals surface area contributed by atoms with E-state index in [1.807, 2.05) is 0 Å². The number of nitrogens with one attached hydrogen (secondary N) is 2. The first-order chi connectivity index (χ1) is 29.0. The topological polar surface area (TPSA) is 307 Å². The van der Waals surface area contributed by atoms with Gasteiger partial charge in [0.15, 0.2) is 17.6 Å². The second-order valence-corrected chi connectivity index (χ2v) is 16.7. The fourth-order valence-electron chi connectivity index (χ4n) is 7.82. The number of carbonyl (C=O) groups excluding carboxylic acids is 5. The van der Waals surface area contributed by atoms with Gasteiger partial charge in [0, 0.05) is 26.3 Å². The molecule has 9 atom stereocenters. The summed E-state index contributed by atoms with van der Waals surface area (Å²) >= 11 is 0. The molecule has 0 aromatic heterocycles. The summed E-state index contributed by atoms with van der Waals surface area (Å²) in [4.78, 5) is 79.9. The number of ketones is 1. The molecule has 0 saturated carbocycles. The molecule has 0 aliphatic carbocycles. The van der Waals surface area contributed by atoms with Crippen molar-refractivity contribution in [1.82, 2.24) is 15.5 Å². The van der Waals surface area contributed by atoms with E-state index in [0.29, 0.717) is 12.8 Å². The van der Waals surface area contributed by atoms with E-state index in [1.165, 1.54) is 85.0 Å². The first kappa shape index (κ1) is 55.8. The second kappa shape index (κ2) is 30.7. The summed E-state index contributed by atoms with van der Waals surface area (Å²) in [5.41, 5.74) is 15.2. The summed E-state index contributed by atoms with van der Waals surface area (Å²) < 4.78 is 11.1. The van der Waals surface area contributed by atoms with Gasteiger partial charge < -0.3 is 62.6 Å². The Morgan fingerprint density at radius 3 is 1.85 bits per heavy atom. The number of nitrogens with two attached hydrogens (primary N) is 3. The lowest BCUT2D eigenvalue weighted by molar-refractivity contribution is -0.263. The Balaban J connectivity index is 3.03. The molecule has 0 aromatic rings. The van der Waals surface area contributed by atoms with Gasteiger partial charge in [-0.1, -0.05) is 96.8 Å². The van der Waals surface area contributed by atoms with Crippen molar-refractivity contribution in [3.63, 3.8) is 0 Å². The van der Waals surface area contributed by atoms with Crippen LogP contribution >= 0.6 is 0 Å². The molecule has 354 valence electrons. The standard InChI is InChI=1S/C43H80N6O12/c1-5-6-7-8-9-10-11-12-13-14-15-16-17-18-19-22-35(53)48-43(42(58)59,25-20-21-26-44)34(52)24-23-32(39(46)55)49(40(56)30(3)47-31(4)51)27-29(2)60-38-36(45)41(57)61-33(28-50)37(38)54/h29-30,32-33,36-38,41,50,54,57H,5-28,44-45H2,1-4H3,(H2,46,55)(H,47,51)(H,48,53)(H,58,59)/t29?,30-,32+,33+,36+,37+,38+,41-,43+/m0/s1. The van der Waals surface area contributed by atoms with Crippen molar-refractivity contribution in [3.05, 3.63) is 0 Å². The van der Waals surface area contributed by atoms with Crippen LogP contribution in [-0.2, 0) is 38.2 Å². The Labute approximate surface area is 362 Å². The van der Waals surface area contributed by atoms with Crippen LogP contribution < -0.4 is 27.8 Å². The molecule has 1 heterocycles. The van der Waals surface area contributed by atoms with Gasteiger partial charge in [-0.3, -0.25) is 24.0 Å². The highest BCUT2D eigenvalue weighted by atomic mass is 16.6. The number of carbonyl (C=O) groups is 6. The Morgan fingerprint density at radius 2 is 1.38 bits per heavy atom. The number of hydrogen-bond acceptors (Lipinski definition) is 13. The Morgan fingerprint density at radius 1 is 0.836 bits per heavy atom. The van der Waals surface area contributed by atoms with Gasteiger partial charge in [-0.05, 0) is 52.5 Å². The van der Waals surface area contributed by atoms with Crippen LogP contribution in [0, 0.1) is 0 Å². The quantitative estimate of drug-likeness (QED) is 0.0325. The molecule has 1 aliphatic rings. The zero-order valence-corrected chi connectivity index (χ0v) is 37.3. The maximum atomic E-state index is 14.0. The van der Waals surface area contributed by atoms with E-state index in [0.717, 1.165) is 30.6 Å². The molecule has 0 aromatic carbocycles. The van der Waals surface area contributed by atoms with E-state index in [4.69, 9.17) is 26.7 Å². The number of nitrogens with zero attached hydrogens (tertiary/aromatic N) is 1. The fraction of sp³-hybridized carbons (Fsp3) is 0.860. The molecule has 4 amide bonds. The Kier molecular flexibility index (Phi) is 28.1. The van der Waals surface area contributed by atoms with Gasteiger partial charge in [0.2, 0.25) is 23.6 Å². The minimum absolute atomic E-state index is 0.0180.